The fourth-order valence-corrected chi connectivity index (χ4v) is 2.68. The topological polar surface area (TPSA) is 3.24 Å². The number of rotatable bonds is 2. The summed E-state index contributed by atoms with van der Waals surface area (Å²) in [5.74, 6) is 0. The summed E-state index contributed by atoms with van der Waals surface area (Å²) in [7, 11) is 2.23. The summed E-state index contributed by atoms with van der Waals surface area (Å²) in [6.07, 6.45) is 3.89. The standard InChI is InChI=1S/C14H21N/c1-3-14(9-11-15(2)12-10-14)13-7-5-4-6-8-13/h4-8H,3,9-12H2,1-2H3. The Hall–Kier alpha value is -0.820. The maximum atomic E-state index is 2.44. The molecule has 1 nitrogen and oxygen atoms in total. The maximum Gasteiger partial charge on any atom is -0.00133 e. The predicted molar refractivity (Wildman–Crippen MR) is 65.1 cm³/mol. The fraction of sp³-hybridized carbons (Fsp3) is 0.571. The van der Waals surface area contributed by atoms with E-state index in [2.05, 4.69) is 49.2 Å². The molecular weight excluding hydrogens is 182 g/mol. The molecule has 1 aliphatic heterocycles. The van der Waals surface area contributed by atoms with Gasteiger partial charge in [-0.2, -0.15) is 0 Å². The highest BCUT2D eigenvalue weighted by Gasteiger charge is 2.33. The second kappa shape index (κ2) is 4.36. The number of benzene rings is 1. The smallest absolute Gasteiger partial charge is 0.00133 e. The molecule has 0 bridgehead atoms. The van der Waals surface area contributed by atoms with Gasteiger partial charge in [-0.15, -0.1) is 0 Å². The molecule has 0 N–H and O–H groups in total. The highest BCUT2D eigenvalue weighted by molar-refractivity contribution is 5.26. The van der Waals surface area contributed by atoms with E-state index in [9.17, 15) is 0 Å². The number of hydrogen-bond donors (Lipinski definition) is 0. The SMILES string of the molecule is CCC1(c2ccccc2)CCN(C)CC1. The molecule has 2 rings (SSSR count). The Morgan fingerprint density at radius 2 is 1.73 bits per heavy atom. The van der Waals surface area contributed by atoms with Gasteiger partial charge in [0.25, 0.3) is 0 Å². The number of piperidine rings is 1. The zero-order valence-electron chi connectivity index (χ0n) is 9.87. The van der Waals surface area contributed by atoms with Crippen molar-refractivity contribution in [1.29, 1.82) is 0 Å². The van der Waals surface area contributed by atoms with E-state index in [-0.39, 0.29) is 0 Å². The Bertz CT molecular complexity index is 296. The predicted octanol–water partition coefficient (Wildman–Crippen LogP) is 3.06. The minimum Gasteiger partial charge on any atom is -0.306 e. The van der Waals surface area contributed by atoms with Crippen molar-refractivity contribution in [2.75, 3.05) is 20.1 Å². The normalized spacial score (nSPS) is 21.5. The molecule has 0 aliphatic carbocycles. The van der Waals surface area contributed by atoms with Gasteiger partial charge in [0.15, 0.2) is 0 Å². The first-order valence-electron chi connectivity index (χ1n) is 6.01. The van der Waals surface area contributed by atoms with E-state index in [0.29, 0.717) is 5.41 Å². The molecule has 1 fully saturated rings. The van der Waals surface area contributed by atoms with Crippen molar-refractivity contribution >= 4 is 0 Å². The molecule has 0 atom stereocenters. The Morgan fingerprint density at radius 1 is 1.13 bits per heavy atom. The average molecular weight is 203 g/mol. The lowest BCUT2D eigenvalue weighted by atomic mass is 9.71. The van der Waals surface area contributed by atoms with Gasteiger partial charge in [0, 0.05) is 0 Å². The van der Waals surface area contributed by atoms with E-state index >= 15 is 0 Å². The lowest BCUT2D eigenvalue weighted by molar-refractivity contribution is 0.182. The average Bonchev–Trinajstić information content (AvgIpc) is 2.32. The van der Waals surface area contributed by atoms with Crippen molar-refractivity contribution in [2.45, 2.75) is 31.6 Å². The van der Waals surface area contributed by atoms with Gasteiger partial charge in [-0.25, -0.2) is 0 Å². The van der Waals surface area contributed by atoms with Crippen LogP contribution in [-0.4, -0.2) is 25.0 Å². The van der Waals surface area contributed by atoms with Crippen LogP contribution in [0.2, 0.25) is 0 Å². The minimum atomic E-state index is 0.452. The summed E-state index contributed by atoms with van der Waals surface area (Å²) in [5.41, 5.74) is 1.99. The first-order valence-corrected chi connectivity index (χ1v) is 6.01. The van der Waals surface area contributed by atoms with Crippen molar-refractivity contribution in [1.82, 2.24) is 4.90 Å². The minimum absolute atomic E-state index is 0.452. The molecule has 0 saturated carbocycles. The van der Waals surface area contributed by atoms with E-state index in [1.54, 1.807) is 5.56 Å². The van der Waals surface area contributed by atoms with Crippen molar-refractivity contribution in [3.05, 3.63) is 35.9 Å². The van der Waals surface area contributed by atoms with Gasteiger partial charge in [-0.3, -0.25) is 0 Å². The van der Waals surface area contributed by atoms with Gasteiger partial charge in [-0.05, 0) is 50.4 Å². The molecule has 0 aromatic heterocycles. The van der Waals surface area contributed by atoms with E-state index in [0.717, 1.165) is 0 Å². The Kier molecular flexibility index (Phi) is 3.11. The molecule has 82 valence electrons. The van der Waals surface area contributed by atoms with Gasteiger partial charge < -0.3 is 4.90 Å². The molecule has 1 aliphatic rings. The third kappa shape index (κ3) is 2.07. The van der Waals surface area contributed by atoms with Gasteiger partial charge in [0.05, 0.1) is 0 Å². The van der Waals surface area contributed by atoms with Crippen LogP contribution < -0.4 is 0 Å². The van der Waals surface area contributed by atoms with Crippen LogP contribution in [0.5, 0.6) is 0 Å². The van der Waals surface area contributed by atoms with E-state index < -0.39 is 0 Å². The van der Waals surface area contributed by atoms with Gasteiger partial charge in [0.2, 0.25) is 0 Å². The largest absolute Gasteiger partial charge is 0.306 e. The summed E-state index contributed by atoms with van der Waals surface area (Å²) in [6.45, 7) is 4.81. The van der Waals surface area contributed by atoms with Crippen LogP contribution in [-0.2, 0) is 5.41 Å². The first-order chi connectivity index (χ1) is 7.27. The molecule has 0 unspecified atom stereocenters. The molecule has 1 heterocycles. The summed E-state index contributed by atoms with van der Waals surface area (Å²) < 4.78 is 0. The molecule has 1 aromatic carbocycles. The van der Waals surface area contributed by atoms with Crippen LogP contribution in [0, 0.1) is 0 Å². The highest BCUT2D eigenvalue weighted by atomic mass is 15.1. The van der Waals surface area contributed by atoms with Crippen LogP contribution in [0.1, 0.15) is 31.7 Å². The Balaban J connectivity index is 2.23. The van der Waals surface area contributed by atoms with Gasteiger partial charge >= 0.3 is 0 Å². The third-order valence-electron chi connectivity index (χ3n) is 4.01. The monoisotopic (exact) mass is 203 g/mol. The summed E-state index contributed by atoms with van der Waals surface area (Å²) in [5, 5.41) is 0. The number of hydrogen-bond acceptors (Lipinski definition) is 1. The fourth-order valence-electron chi connectivity index (χ4n) is 2.68. The quantitative estimate of drug-likeness (QED) is 0.714. The third-order valence-corrected chi connectivity index (χ3v) is 4.01. The van der Waals surface area contributed by atoms with Crippen LogP contribution in [0.15, 0.2) is 30.3 Å². The molecule has 15 heavy (non-hydrogen) atoms. The van der Waals surface area contributed by atoms with Crippen molar-refractivity contribution < 1.29 is 0 Å². The maximum absolute atomic E-state index is 2.44. The van der Waals surface area contributed by atoms with Crippen LogP contribution >= 0.6 is 0 Å². The van der Waals surface area contributed by atoms with Gasteiger partial charge in [-0.1, -0.05) is 37.3 Å². The van der Waals surface area contributed by atoms with E-state index in [4.69, 9.17) is 0 Å². The first kappa shape index (κ1) is 10.7. The van der Waals surface area contributed by atoms with E-state index in [1.165, 1.54) is 32.4 Å². The molecule has 0 spiro atoms. The molecular formula is C14H21N. The summed E-state index contributed by atoms with van der Waals surface area (Å²) >= 11 is 0. The number of nitrogens with zero attached hydrogens (tertiary/aromatic N) is 1. The molecule has 0 amide bonds. The van der Waals surface area contributed by atoms with Crippen LogP contribution in [0.3, 0.4) is 0 Å². The highest BCUT2D eigenvalue weighted by Crippen LogP contribution is 2.37. The van der Waals surface area contributed by atoms with Crippen molar-refractivity contribution in [2.24, 2.45) is 0 Å². The molecule has 1 saturated heterocycles. The zero-order valence-corrected chi connectivity index (χ0v) is 9.87. The van der Waals surface area contributed by atoms with Crippen LogP contribution in [0.4, 0.5) is 0 Å². The molecule has 0 radical (unpaired) electrons. The summed E-state index contributed by atoms with van der Waals surface area (Å²) in [6, 6.07) is 11.1. The molecule has 1 aromatic rings. The second-order valence-electron chi connectivity index (χ2n) is 4.80. The lowest BCUT2D eigenvalue weighted by Crippen LogP contribution is -2.40. The van der Waals surface area contributed by atoms with Gasteiger partial charge in [0.1, 0.15) is 0 Å². The molecule has 1 heteroatoms. The van der Waals surface area contributed by atoms with Crippen molar-refractivity contribution in [3.63, 3.8) is 0 Å². The van der Waals surface area contributed by atoms with E-state index in [1.807, 2.05) is 0 Å². The Labute approximate surface area is 93.1 Å². The Morgan fingerprint density at radius 3 is 2.27 bits per heavy atom. The number of likely N-dealkylation sites (tertiary alicyclic amines) is 1. The van der Waals surface area contributed by atoms with Crippen LogP contribution in [0.25, 0.3) is 0 Å². The van der Waals surface area contributed by atoms with Crippen molar-refractivity contribution in [3.8, 4) is 0 Å². The lowest BCUT2D eigenvalue weighted by Gasteiger charge is -2.40. The second-order valence-corrected chi connectivity index (χ2v) is 4.80. The zero-order chi connectivity index (χ0) is 10.7. The summed E-state index contributed by atoms with van der Waals surface area (Å²) in [4.78, 5) is 2.44.